The van der Waals surface area contributed by atoms with Crippen LogP contribution in [0.25, 0.3) is 0 Å². The summed E-state index contributed by atoms with van der Waals surface area (Å²) in [6.07, 6.45) is 1.53. The third-order valence-electron chi connectivity index (χ3n) is 2.67. The first-order chi connectivity index (χ1) is 7.02. The molecule has 3 nitrogen and oxygen atoms in total. The fraction of sp³-hybridized carbons (Fsp3) is 0.500. The summed E-state index contributed by atoms with van der Waals surface area (Å²) in [5.74, 6) is -0.905. The van der Waals surface area contributed by atoms with Gasteiger partial charge in [-0.1, -0.05) is 11.6 Å². The van der Waals surface area contributed by atoms with E-state index in [0.29, 0.717) is 9.21 Å². The minimum Gasteiger partial charge on any atom is -0.481 e. The van der Waals surface area contributed by atoms with Crippen LogP contribution in [-0.4, -0.2) is 16.2 Å². The molecule has 0 spiro atoms. The number of thiophene rings is 1. The molecule has 15 heavy (non-hydrogen) atoms. The fourth-order valence-electron chi connectivity index (χ4n) is 1.77. The van der Waals surface area contributed by atoms with Gasteiger partial charge < -0.3 is 10.2 Å². The minimum absolute atomic E-state index is 0.0725. The number of hydrogen-bond donors (Lipinski definition) is 2. The smallest absolute Gasteiger partial charge is 0.306 e. The number of aliphatic carboxylic acids is 1. The molecule has 1 aromatic rings. The Balaban J connectivity index is 2.29. The second kappa shape index (κ2) is 3.77. The summed E-state index contributed by atoms with van der Waals surface area (Å²) in [5.41, 5.74) is -1.22. The lowest BCUT2D eigenvalue weighted by atomic mass is 9.92. The van der Waals surface area contributed by atoms with Crippen molar-refractivity contribution in [3.63, 3.8) is 0 Å². The van der Waals surface area contributed by atoms with Crippen LogP contribution in [-0.2, 0) is 10.4 Å². The van der Waals surface area contributed by atoms with Gasteiger partial charge in [0.1, 0.15) is 5.60 Å². The monoisotopic (exact) mass is 246 g/mol. The second-order valence-corrected chi connectivity index (χ2v) is 5.59. The number of carboxylic acid groups (broad SMARTS) is 1. The van der Waals surface area contributed by atoms with Crippen molar-refractivity contribution in [2.45, 2.75) is 24.9 Å². The van der Waals surface area contributed by atoms with Gasteiger partial charge in [-0.3, -0.25) is 4.79 Å². The van der Waals surface area contributed by atoms with Crippen LogP contribution in [0.2, 0.25) is 4.34 Å². The third kappa shape index (κ3) is 2.17. The highest BCUT2D eigenvalue weighted by molar-refractivity contribution is 7.16. The van der Waals surface area contributed by atoms with Crippen molar-refractivity contribution in [1.29, 1.82) is 0 Å². The van der Waals surface area contributed by atoms with Gasteiger partial charge in [-0.25, -0.2) is 0 Å². The predicted octanol–water partition coefficient (Wildman–Crippen LogP) is 2.47. The first kappa shape index (κ1) is 10.9. The molecule has 1 saturated carbocycles. The Kier molecular flexibility index (Phi) is 2.75. The normalized spacial score (nSPS) is 19.9. The summed E-state index contributed by atoms with van der Waals surface area (Å²) in [5, 5.41) is 19.2. The third-order valence-corrected chi connectivity index (χ3v) is 4.07. The van der Waals surface area contributed by atoms with Gasteiger partial charge >= 0.3 is 5.97 Å². The number of carbonyl (C=O) groups is 1. The van der Waals surface area contributed by atoms with Crippen LogP contribution in [0.4, 0.5) is 0 Å². The van der Waals surface area contributed by atoms with Gasteiger partial charge in [0, 0.05) is 4.88 Å². The molecule has 1 unspecified atom stereocenters. The van der Waals surface area contributed by atoms with Crippen molar-refractivity contribution in [2.24, 2.45) is 5.92 Å². The molecular weight excluding hydrogens is 236 g/mol. The van der Waals surface area contributed by atoms with E-state index in [2.05, 4.69) is 0 Å². The van der Waals surface area contributed by atoms with E-state index in [0.717, 1.165) is 12.8 Å². The summed E-state index contributed by atoms with van der Waals surface area (Å²) in [6, 6.07) is 3.41. The van der Waals surface area contributed by atoms with Crippen LogP contribution in [0, 0.1) is 5.92 Å². The number of carboxylic acids is 1. The zero-order chi connectivity index (χ0) is 11.1. The molecule has 1 aliphatic carbocycles. The Hall–Kier alpha value is -0.580. The van der Waals surface area contributed by atoms with Crippen LogP contribution in [0.1, 0.15) is 24.1 Å². The molecular formula is C10H11ClO3S. The minimum atomic E-state index is -1.22. The number of aliphatic hydroxyl groups is 1. The highest BCUT2D eigenvalue weighted by atomic mass is 35.5. The molecule has 1 heterocycles. The summed E-state index contributed by atoms with van der Waals surface area (Å²) in [4.78, 5) is 11.4. The average molecular weight is 247 g/mol. The lowest BCUT2D eigenvalue weighted by Gasteiger charge is -2.24. The van der Waals surface area contributed by atoms with E-state index in [1.165, 1.54) is 11.3 Å². The van der Waals surface area contributed by atoms with Crippen LogP contribution in [0.15, 0.2) is 12.1 Å². The Bertz CT molecular complexity index is 386. The van der Waals surface area contributed by atoms with Crippen LogP contribution in [0.5, 0.6) is 0 Å². The van der Waals surface area contributed by atoms with Crippen LogP contribution in [0.3, 0.4) is 0 Å². The molecule has 0 aliphatic heterocycles. The molecule has 2 N–H and O–H groups in total. The Morgan fingerprint density at radius 1 is 1.60 bits per heavy atom. The van der Waals surface area contributed by atoms with Crippen molar-refractivity contribution < 1.29 is 15.0 Å². The zero-order valence-electron chi connectivity index (χ0n) is 7.94. The van der Waals surface area contributed by atoms with E-state index in [-0.39, 0.29) is 12.3 Å². The fourth-order valence-corrected chi connectivity index (χ4v) is 2.98. The summed E-state index contributed by atoms with van der Waals surface area (Å²) in [6.45, 7) is 0. The maximum atomic E-state index is 10.7. The van der Waals surface area contributed by atoms with E-state index in [9.17, 15) is 9.90 Å². The van der Waals surface area contributed by atoms with Gasteiger partial charge in [-0.15, -0.1) is 11.3 Å². The van der Waals surface area contributed by atoms with Gasteiger partial charge in [0.05, 0.1) is 10.8 Å². The molecule has 0 bridgehead atoms. The number of rotatable bonds is 4. The second-order valence-electron chi connectivity index (χ2n) is 3.87. The molecule has 1 aliphatic rings. The Morgan fingerprint density at radius 2 is 2.27 bits per heavy atom. The van der Waals surface area contributed by atoms with E-state index >= 15 is 0 Å². The highest BCUT2D eigenvalue weighted by Gasteiger charge is 2.47. The lowest BCUT2D eigenvalue weighted by molar-refractivity contribution is -0.143. The molecule has 0 saturated heterocycles. The first-order valence-corrected chi connectivity index (χ1v) is 5.92. The molecule has 82 valence electrons. The van der Waals surface area contributed by atoms with Gasteiger partial charge in [-0.05, 0) is 30.9 Å². The van der Waals surface area contributed by atoms with E-state index in [1.54, 1.807) is 12.1 Å². The van der Waals surface area contributed by atoms with Crippen molar-refractivity contribution in [3.05, 3.63) is 21.3 Å². The van der Waals surface area contributed by atoms with Crippen LogP contribution >= 0.6 is 22.9 Å². The maximum absolute atomic E-state index is 10.7. The predicted molar refractivity (Wildman–Crippen MR) is 58.2 cm³/mol. The van der Waals surface area contributed by atoms with Crippen molar-refractivity contribution in [3.8, 4) is 0 Å². The summed E-state index contributed by atoms with van der Waals surface area (Å²) < 4.78 is 0.578. The topological polar surface area (TPSA) is 57.5 Å². The quantitative estimate of drug-likeness (QED) is 0.858. The lowest BCUT2D eigenvalue weighted by Crippen LogP contribution is -2.30. The highest BCUT2D eigenvalue weighted by Crippen LogP contribution is 2.49. The summed E-state index contributed by atoms with van der Waals surface area (Å²) in [7, 11) is 0. The van der Waals surface area contributed by atoms with E-state index < -0.39 is 11.6 Å². The van der Waals surface area contributed by atoms with Gasteiger partial charge in [0.15, 0.2) is 0 Å². The molecule has 1 aromatic heterocycles. The zero-order valence-corrected chi connectivity index (χ0v) is 9.51. The molecule has 1 fully saturated rings. The number of hydrogen-bond acceptors (Lipinski definition) is 3. The Labute approximate surface area is 96.3 Å². The molecule has 0 radical (unpaired) electrons. The molecule has 2 rings (SSSR count). The maximum Gasteiger partial charge on any atom is 0.306 e. The average Bonchev–Trinajstić information content (AvgIpc) is 2.89. The van der Waals surface area contributed by atoms with E-state index in [4.69, 9.17) is 16.7 Å². The largest absolute Gasteiger partial charge is 0.481 e. The SMILES string of the molecule is O=C(O)CC(O)(c1ccc(Cl)s1)C1CC1. The molecule has 0 amide bonds. The van der Waals surface area contributed by atoms with E-state index in [1.807, 2.05) is 0 Å². The molecule has 1 atom stereocenters. The van der Waals surface area contributed by atoms with Crippen LogP contribution < -0.4 is 0 Å². The Morgan fingerprint density at radius 3 is 2.67 bits per heavy atom. The molecule has 5 heteroatoms. The first-order valence-electron chi connectivity index (χ1n) is 4.72. The van der Waals surface area contributed by atoms with Crippen molar-refractivity contribution in [1.82, 2.24) is 0 Å². The van der Waals surface area contributed by atoms with Crippen molar-refractivity contribution in [2.75, 3.05) is 0 Å². The van der Waals surface area contributed by atoms with Crippen molar-refractivity contribution >= 4 is 28.9 Å². The van der Waals surface area contributed by atoms with Gasteiger partial charge in [0.2, 0.25) is 0 Å². The number of halogens is 1. The van der Waals surface area contributed by atoms with Gasteiger partial charge in [0.25, 0.3) is 0 Å². The standard InChI is InChI=1S/C10H11ClO3S/c11-8-4-3-7(15-8)10(14,5-9(12)13)6-1-2-6/h3-4,6,14H,1-2,5H2,(H,12,13). The molecule has 0 aromatic carbocycles. The summed E-state index contributed by atoms with van der Waals surface area (Å²) >= 11 is 7.05. The van der Waals surface area contributed by atoms with Gasteiger partial charge in [-0.2, -0.15) is 0 Å².